The predicted molar refractivity (Wildman–Crippen MR) is 131 cm³/mol. The molecule has 0 bridgehead atoms. The Morgan fingerprint density at radius 3 is 2.79 bits per heavy atom. The number of carbonyl (C=O) groups excluding carboxylic acids is 1. The monoisotopic (exact) mass is 485 g/mol. The maximum absolute atomic E-state index is 13.4. The zero-order valence-corrected chi connectivity index (χ0v) is 20.4. The molecule has 1 unspecified atom stereocenters. The van der Waals surface area contributed by atoms with Crippen LogP contribution in [0.15, 0.2) is 34.2 Å². The van der Waals surface area contributed by atoms with E-state index in [0.717, 1.165) is 52.1 Å². The van der Waals surface area contributed by atoms with E-state index in [-0.39, 0.29) is 29.4 Å². The van der Waals surface area contributed by atoms with Crippen LogP contribution in [-0.4, -0.2) is 40.5 Å². The molecule has 33 heavy (non-hydrogen) atoms. The van der Waals surface area contributed by atoms with E-state index in [1.165, 1.54) is 11.8 Å². The normalized spacial score (nSPS) is 18.1. The van der Waals surface area contributed by atoms with Gasteiger partial charge < -0.3 is 14.8 Å². The van der Waals surface area contributed by atoms with Gasteiger partial charge in [-0.05, 0) is 44.4 Å². The van der Waals surface area contributed by atoms with Crippen molar-refractivity contribution in [3.8, 4) is 11.5 Å². The van der Waals surface area contributed by atoms with Crippen LogP contribution in [0.1, 0.15) is 42.2 Å². The second-order valence-corrected chi connectivity index (χ2v) is 10.7. The minimum Gasteiger partial charge on any atom is -0.486 e. The molecule has 3 heterocycles. The lowest BCUT2D eigenvalue weighted by Gasteiger charge is -2.26. The Balaban J connectivity index is 1.27. The molecule has 1 aromatic carbocycles. The second kappa shape index (κ2) is 9.38. The lowest BCUT2D eigenvalue weighted by atomic mass is 10.2. The van der Waals surface area contributed by atoms with E-state index in [1.807, 2.05) is 42.7 Å². The molecule has 174 valence electrons. The van der Waals surface area contributed by atoms with Gasteiger partial charge >= 0.3 is 0 Å². The second-order valence-electron chi connectivity index (χ2n) is 8.56. The van der Waals surface area contributed by atoms with Crippen LogP contribution in [-0.2, 0) is 4.79 Å². The first-order valence-corrected chi connectivity index (χ1v) is 13.1. The summed E-state index contributed by atoms with van der Waals surface area (Å²) in [5.74, 6) is 1.49. The van der Waals surface area contributed by atoms with Crippen molar-refractivity contribution in [3.05, 3.63) is 45.1 Å². The van der Waals surface area contributed by atoms with Gasteiger partial charge in [0.05, 0.1) is 17.7 Å². The minimum atomic E-state index is -0.239. The number of rotatable bonds is 6. The molecule has 2 aliphatic rings. The third kappa shape index (κ3) is 4.48. The number of thioether (sulfide) groups is 1. The number of hydrogen-bond acceptors (Lipinski definition) is 7. The summed E-state index contributed by atoms with van der Waals surface area (Å²) in [7, 11) is 0. The van der Waals surface area contributed by atoms with Gasteiger partial charge in [0.2, 0.25) is 5.91 Å². The Morgan fingerprint density at radius 2 is 2.00 bits per heavy atom. The van der Waals surface area contributed by atoms with Crippen LogP contribution in [0.3, 0.4) is 0 Å². The Kier molecular flexibility index (Phi) is 6.34. The molecule has 0 radical (unpaired) electrons. The van der Waals surface area contributed by atoms with Crippen LogP contribution in [0.5, 0.6) is 11.5 Å². The SMILES string of the molecule is Cc1sc2nc(SCC(=O)NCC3COc4ccccc4O3)n(C3CCCC3)c(=O)c2c1C. The van der Waals surface area contributed by atoms with Gasteiger partial charge in [-0.1, -0.05) is 36.7 Å². The van der Waals surface area contributed by atoms with Crippen molar-refractivity contribution >= 4 is 39.2 Å². The zero-order chi connectivity index (χ0) is 22.9. The Morgan fingerprint density at radius 1 is 1.24 bits per heavy atom. The van der Waals surface area contributed by atoms with Gasteiger partial charge in [-0.15, -0.1) is 11.3 Å². The number of carbonyl (C=O) groups is 1. The quantitative estimate of drug-likeness (QED) is 0.415. The highest BCUT2D eigenvalue weighted by Crippen LogP contribution is 2.34. The van der Waals surface area contributed by atoms with Crippen molar-refractivity contribution < 1.29 is 14.3 Å². The van der Waals surface area contributed by atoms with Crippen LogP contribution < -0.4 is 20.3 Å². The highest BCUT2D eigenvalue weighted by molar-refractivity contribution is 7.99. The molecule has 1 aliphatic heterocycles. The molecule has 1 fully saturated rings. The van der Waals surface area contributed by atoms with Gasteiger partial charge in [-0.2, -0.15) is 0 Å². The molecule has 1 N–H and O–H groups in total. The highest BCUT2D eigenvalue weighted by Gasteiger charge is 2.26. The molecule has 1 amide bonds. The van der Waals surface area contributed by atoms with Crippen LogP contribution in [0.25, 0.3) is 10.2 Å². The maximum Gasteiger partial charge on any atom is 0.263 e. The van der Waals surface area contributed by atoms with E-state index in [0.29, 0.717) is 24.1 Å². The van der Waals surface area contributed by atoms with Crippen molar-refractivity contribution in [2.24, 2.45) is 0 Å². The van der Waals surface area contributed by atoms with Crippen LogP contribution >= 0.6 is 23.1 Å². The summed E-state index contributed by atoms with van der Waals surface area (Å²) in [6.07, 6.45) is 3.96. The van der Waals surface area contributed by atoms with Crippen LogP contribution in [0.4, 0.5) is 0 Å². The molecule has 0 spiro atoms. The fourth-order valence-corrected chi connectivity index (χ4v) is 6.41. The van der Waals surface area contributed by atoms with Crippen molar-refractivity contribution in [2.45, 2.75) is 56.8 Å². The predicted octanol–water partition coefficient (Wildman–Crippen LogP) is 4.24. The smallest absolute Gasteiger partial charge is 0.263 e. The van der Waals surface area contributed by atoms with E-state index >= 15 is 0 Å². The number of aryl methyl sites for hydroxylation is 2. The number of thiophene rings is 1. The molecule has 7 nitrogen and oxygen atoms in total. The molecule has 3 aromatic rings. The van der Waals surface area contributed by atoms with Gasteiger partial charge in [-0.3, -0.25) is 14.2 Å². The third-order valence-electron chi connectivity index (χ3n) is 6.32. The maximum atomic E-state index is 13.4. The number of ether oxygens (including phenoxy) is 2. The van der Waals surface area contributed by atoms with E-state index in [2.05, 4.69) is 5.32 Å². The summed E-state index contributed by atoms with van der Waals surface area (Å²) in [6.45, 7) is 4.77. The lowest BCUT2D eigenvalue weighted by molar-refractivity contribution is -0.119. The Bertz CT molecular complexity index is 1250. The number of para-hydroxylation sites is 2. The zero-order valence-electron chi connectivity index (χ0n) is 18.8. The number of aromatic nitrogens is 2. The van der Waals surface area contributed by atoms with Crippen molar-refractivity contribution in [3.63, 3.8) is 0 Å². The number of hydrogen-bond donors (Lipinski definition) is 1. The van der Waals surface area contributed by atoms with Crippen molar-refractivity contribution in [1.29, 1.82) is 0 Å². The largest absolute Gasteiger partial charge is 0.486 e. The Hall–Kier alpha value is -2.52. The number of nitrogens with zero attached hydrogens (tertiary/aromatic N) is 2. The van der Waals surface area contributed by atoms with Gasteiger partial charge in [0, 0.05) is 10.9 Å². The summed E-state index contributed by atoms with van der Waals surface area (Å²) in [6, 6.07) is 7.68. The van der Waals surface area contributed by atoms with E-state index in [4.69, 9.17) is 14.5 Å². The van der Waals surface area contributed by atoms with Gasteiger partial charge in [-0.25, -0.2) is 4.98 Å². The van der Waals surface area contributed by atoms with Crippen molar-refractivity contribution in [2.75, 3.05) is 18.9 Å². The number of fused-ring (bicyclic) bond motifs is 2. The van der Waals surface area contributed by atoms with Gasteiger partial charge in [0.15, 0.2) is 16.7 Å². The summed E-state index contributed by atoms with van der Waals surface area (Å²) in [5, 5.41) is 4.30. The third-order valence-corrected chi connectivity index (χ3v) is 8.37. The molecule has 1 atom stereocenters. The standard InChI is InChI=1S/C24H27N3O4S2/c1-14-15(2)33-22-21(14)23(29)27(16-7-3-4-8-16)24(26-22)32-13-20(28)25-11-17-12-30-18-9-5-6-10-19(18)31-17/h5-6,9-10,16-17H,3-4,7-8,11-13H2,1-2H3,(H,25,28). The van der Waals surface area contributed by atoms with E-state index < -0.39 is 0 Å². The summed E-state index contributed by atoms with van der Waals surface area (Å²) in [4.78, 5) is 32.7. The summed E-state index contributed by atoms with van der Waals surface area (Å²) in [5.41, 5.74) is 1.05. The molecule has 2 aromatic heterocycles. The summed E-state index contributed by atoms with van der Waals surface area (Å²) < 4.78 is 13.5. The summed E-state index contributed by atoms with van der Waals surface area (Å²) >= 11 is 2.88. The molecule has 0 saturated heterocycles. The molecule has 9 heteroatoms. The molecular formula is C24H27N3O4S2. The molecular weight excluding hydrogens is 458 g/mol. The number of nitrogens with one attached hydrogen (secondary N) is 1. The lowest BCUT2D eigenvalue weighted by Crippen LogP contribution is -2.41. The first-order chi connectivity index (χ1) is 16.0. The van der Waals surface area contributed by atoms with E-state index in [1.54, 1.807) is 11.3 Å². The Labute approximate surface area is 200 Å². The average Bonchev–Trinajstić information content (AvgIpc) is 3.44. The van der Waals surface area contributed by atoms with Crippen LogP contribution in [0, 0.1) is 13.8 Å². The van der Waals surface area contributed by atoms with E-state index in [9.17, 15) is 9.59 Å². The van der Waals surface area contributed by atoms with Gasteiger partial charge in [0.1, 0.15) is 17.5 Å². The number of benzene rings is 1. The fraction of sp³-hybridized carbons (Fsp3) is 0.458. The molecule has 1 saturated carbocycles. The molecule has 1 aliphatic carbocycles. The minimum absolute atomic E-state index is 0.0306. The van der Waals surface area contributed by atoms with Gasteiger partial charge in [0.25, 0.3) is 5.56 Å². The average molecular weight is 486 g/mol. The first-order valence-electron chi connectivity index (χ1n) is 11.3. The first kappa shape index (κ1) is 22.3. The van der Waals surface area contributed by atoms with Crippen molar-refractivity contribution in [1.82, 2.24) is 14.9 Å². The highest BCUT2D eigenvalue weighted by atomic mass is 32.2. The molecule has 5 rings (SSSR count). The topological polar surface area (TPSA) is 82.4 Å². The van der Waals surface area contributed by atoms with Crippen LogP contribution in [0.2, 0.25) is 0 Å². The fourth-order valence-electron chi connectivity index (χ4n) is 4.45. The number of amides is 1.